The van der Waals surface area contributed by atoms with Gasteiger partial charge < -0.3 is 53.3 Å². The standard InChI is InChI=1S/C35H44N12O6S/c1-20(36)18-39-33-43-34(40-19-21(2)37)45-35(44-33)42-25-6-4-5-22(15-25)32(49)41-26-9-12-28-23(16-26)17-29(54(50,51)52)30(31(28)48)47-46-24-7-10-27(11-8-24)53-14-13-38-3/h4-12,15-17,20-21,38,46-48H,13-14,18-19,36-37H2,1-3H3,(H,41,49)(H,50,51,52)(H3,39,40,42,43,44,45). The van der Waals surface area contributed by atoms with E-state index in [4.69, 9.17) is 16.2 Å². The fraction of sp³-hybridized carbons (Fsp3) is 0.257. The first-order chi connectivity index (χ1) is 25.8. The molecule has 18 nitrogen and oxygen atoms in total. The van der Waals surface area contributed by atoms with Crippen molar-refractivity contribution in [3.05, 3.63) is 78.4 Å². The SMILES string of the molecule is CNCCOc1ccc(NNc2c(S(=O)(=O)O)cc3cc(NC(=O)c4cccc(Nc5nc(NCC(C)N)nc(NCC(C)N)n5)c4)ccc3c2O)cc1. The van der Waals surface area contributed by atoms with Crippen molar-refractivity contribution in [3.63, 3.8) is 0 Å². The molecule has 4 aromatic carbocycles. The van der Waals surface area contributed by atoms with E-state index < -0.39 is 26.7 Å². The molecule has 0 saturated carbocycles. The Morgan fingerprint density at radius 1 is 0.833 bits per heavy atom. The lowest BCUT2D eigenvalue weighted by molar-refractivity contribution is 0.102. The first-order valence-corrected chi connectivity index (χ1v) is 18.3. The number of anilines is 7. The Morgan fingerprint density at radius 2 is 1.48 bits per heavy atom. The van der Waals surface area contributed by atoms with E-state index in [0.29, 0.717) is 60.9 Å². The van der Waals surface area contributed by atoms with E-state index in [0.717, 1.165) is 0 Å². The van der Waals surface area contributed by atoms with Crippen LogP contribution in [-0.2, 0) is 10.1 Å². The van der Waals surface area contributed by atoms with Crippen molar-refractivity contribution in [2.45, 2.75) is 30.8 Å². The third kappa shape index (κ3) is 10.8. The van der Waals surface area contributed by atoms with Crippen molar-refractivity contribution < 1.29 is 27.6 Å². The number of carbonyl (C=O) groups excluding carboxylic acids is 1. The first-order valence-electron chi connectivity index (χ1n) is 16.9. The Morgan fingerprint density at radius 3 is 2.11 bits per heavy atom. The summed E-state index contributed by atoms with van der Waals surface area (Å²) in [7, 11) is -3.00. The maximum absolute atomic E-state index is 13.4. The number of nitrogens with two attached hydrogens (primary N) is 2. The second-order valence-electron chi connectivity index (χ2n) is 12.4. The highest BCUT2D eigenvalue weighted by Crippen LogP contribution is 2.39. The number of aromatic hydroxyl groups is 1. The summed E-state index contributed by atoms with van der Waals surface area (Å²) in [5.41, 5.74) is 18.6. The largest absolute Gasteiger partial charge is 0.505 e. The molecule has 0 bridgehead atoms. The molecule has 13 N–H and O–H groups in total. The summed E-state index contributed by atoms with van der Waals surface area (Å²) in [6.45, 7) is 5.69. The van der Waals surface area contributed by atoms with Crippen molar-refractivity contribution in [1.82, 2.24) is 20.3 Å². The van der Waals surface area contributed by atoms with E-state index in [2.05, 4.69) is 52.4 Å². The third-order valence-corrected chi connectivity index (χ3v) is 8.48. The second kappa shape index (κ2) is 17.7. The number of hydrogen-bond donors (Lipinski definition) is 11. The summed E-state index contributed by atoms with van der Waals surface area (Å²) in [6, 6.07) is 18.9. The number of amides is 1. The number of likely N-dealkylation sites (N-methyl/N-ethyl adjacent to an activating group) is 1. The molecule has 0 aliphatic heterocycles. The van der Waals surface area contributed by atoms with E-state index in [1.54, 1.807) is 54.6 Å². The number of nitrogens with one attached hydrogen (secondary N) is 7. The molecule has 0 saturated heterocycles. The van der Waals surface area contributed by atoms with E-state index >= 15 is 0 Å². The molecular formula is C35H44N12O6S. The van der Waals surface area contributed by atoms with Crippen molar-refractivity contribution >= 4 is 67.4 Å². The molecule has 1 aromatic heterocycles. The van der Waals surface area contributed by atoms with Crippen LogP contribution >= 0.6 is 0 Å². The minimum Gasteiger partial charge on any atom is -0.505 e. The number of rotatable bonds is 18. The van der Waals surface area contributed by atoms with Gasteiger partial charge in [-0.2, -0.15) is 23.4 Å². The molecule has 54 heavy (non-hydrogen) atoms. The number of phenols is 1. The van der Waals surface area contributed by atoms with Crippen LogP contribution in [0.1, 0.15) is 24.2 Å². The molecule has 0 aliphatic carbocycles. The predicted molar refractivity (Wildman–Crippen MR) is 210 cm³/mol. The van der Waals surface area contributed by atoms with Crippen molar-refractivity contribution in [2.75, 3.05) is 65.4 Å². The number of phenolic OH excluding ortho intramolecular Hbond substituents is 1. The number of hydrogen-bond acceptors (Lipinski definition) is 16. The van der Waals surface area contributed by atoms with Gasteiger partial charge in [-0.1, -0.05) is 6.07 Å². The lowest BCUT2D eigenvalue weighted by Gasteiger charge is -2.17. The summed E-state index contributed by atoms with van der Waals surface area (Å²) in [5.74, 6) is 0.504. The number of ether oxygens (including phenoxy) is 1. The van der Waals surface area contributed by atoms with E-state index in [1.165, 1.54) is 18.2 Å². The Balaban J connectivity index is 1.32. The number of fused-ring (bicyclic) bond motifs is 1. The highest BCUT2D eigenvalue weighted by molar-refractivity contribution is 7.86. The molecule has 1 amide bonds. The lowest BCUT2D eigenvalue weighted by atomic mass is 10.1. The Hall–Kier alpha value is -5.99. The minimum atomic E-state index is -4.82. The number of hydrazine groups is 1. The first kappa shape index (κ1) is 39.2. The van der Waals surface area contributed by atoms with Gasteiger partial charge in [-0.3, -0.25) is 14.8 Å². The van der Waals surface area contributed by atoms with Crippen LogP contribution < -0.4 is 53.6 Å². The molecule has 0 radical (unpaired) electrons. The Kier molecular flexibility index (Phi) is 12.8. The Bertz CT molecular complexity index is 2160. The van der Waals surface area contributed by atoms with E-state index in [-0.39, 0.29) is 40.1 Å². The molecule has 19 heteroatoms. The second-order valence-corrected chi connectivity index (χ2v) is 13.8. The number of benzene rings is 4. The summed E-state index contributed by atoms with van der Waals surface area (Å²) < 4.78 is 40.6. The minimum absolute atomic E-state index is 0.146. The normalized spacial score (nSPS) is 12.4. The monoisotopic (exact) mass is 760 g/mol. The van der Waals surface area contributed by atoms with Gasteiger partial charge in [0.25, 0.3) is 16.0 Å². The molecular weight excluding hydrogens is 717 g/mol. The van der Waals surface area contributed by atoms with Crippen LogP contribution in [0.2, 0.25) is 0 Å². The average molecular weight is 761 g/mol. The zero-order valence-electron chi connectivity index (χ0n) is 29.8. The maximum atomic E-state index is 13.4. The van der Waals surface area contributed by atoms with Gasteiger partial charge in [0.05, 0.1) is 5.69 Å². The van der Waals surface area contributed by atoms with Gasteiger partial charge in [-0.05, 0) is 93.0 Å². The molecule has 1 heterocycles. The Labute approximate surface area is 312 Å². The van der Waals surface area contributed by atoms with Crippen LogP contribution in [0.4, 0.5) is 40.6 Å². The lowest BCUT2D eigenvalue weighted by Crippen LogP contribution is -2.27. The maximum Gasteiger partial charge on any atom is 0.296 e. The highest BCUT2D eigenvalue weighted by atomic mass is 32.2. The van der Waals surface area contributed by atoms with Gasteiger partial charge in [-0.15, -0.1) is 0 Å². The van der Waals surface area contributed by atoms with Gasteiger partial charge in [0.15, 0.2) is 0 Å². The smallest absolute Gasteiger partial charge is 0.296 e. The molecule has 2 atom stereocenters. The van der Waals surface area contributed by atoms with Crippen molar-refractivity contribution in [1.29, 1.82) is 0 Å². The molecule has 0 aliphatic rings. The van der Waals surface area contributed by atoms with Crippen LogP contribution in [0.15, 0.2) is 77.7 Å². The van der Waals surface area contributed by atoms with E-state index in [1.807, 2.05) is 20.9 Å². The quantitative estimate of drug-likeness (QED) is 0.0264. The highest BCUT2D eigenvalue weighted by Gasteiger charge is 2.22. The molecule has 286 valence electrons. The van der Waals surface area contributed by atoms with Crippen LogP contribution in [-0.4, -0.2) is 84.3 Å². The number of carbonyl (C=O) groups is 1. The zero-order chi connectivity index (χ0) is 38.8. The van der Waals surface area contributed by atoms with Crippen LogP contribution in [0, 0.1) is 0 Å². The van der Waals surface area contributed by atoms with Crippen LogP contribution in [0.5, 0.6) is 11.5 Å². The third-order valence-electron chi connectivity index (χ3n) is 7.60. The number of aromatic nitrogens is 3. The van der Waals surface area contributed by atoms with Gasteiger partial charge in [-0.25, -0.2) is 0 Å². The fourth-order valence-electron chi connectivity index (χ4n) is 4.97. The molecule has 2 unspecified atom stereocenters. The number of nitrogens with zero attached hydrogens (tertiary/aromatic N) is 3. The summed E-state index contributed by atoms with van der Waals surface area (Å²) >= 11 is 0. The van der Waals surface area contributed by atoms with Crippen LogP contribution in [0.3, 0.4) is 0 Å². The molecule has 5 rings (SSSR count). The predicted octanol–water partition coefficient (Wildman–Crippen LogP) is 3.53. The summed E-state index contributed by atoms with van der Waals surface area (Å²) in [4.78, 5) is 26.0. The van der Waals surface area contributed by atoms with Gasteiger partial charge in [0, 0.05) is 54.0 Å². The van der Waals surface area contributed by atoms with E-state index in [9.17, 15) is 22.9 Å². The summed E-state index contributed by atoms with van der Waals surface area (Å²) in [5, 5.41) is 26.7. The van der Waals surface area contributed by atoms with Crippen LogP contribution in [0.25, 0.3) is 10.8 Å². The molecule has 0 fully saturated rings. The fourth-order valence-corrected chi connectivity index (χ4v) is 5.65. The summed E-state index contributed by atoms with van der Waals surface area (Å²) in [6.07, 6.45) is 0. The average Bonchev–Trinajstić information content (AvgIpc) is 3.13. The molecule has 5 aromatic rings. The van der Waals surface area contributed by atoms with Crippen molar-refractivity contribution in [2.24, 2.45) is 11.5 Å². The van der Waals surface area contributed by atoms with Gasteiger partial charge >= 0.3 is 0 Å². The zero-order valence-corrected chi connectivity index (χ0v) is 30.7. The molecule has 0 spiro atoms. The van der Waals surface area contributed by atoms with Gasteiger partial charge in [0.2, 0.25) is 17.8 Å². The topological polar surface area (TPSA) is 276 Å². The van der Waals surface area contributed by atoms with Gasteiger partial charge in [0.1, 0.15) is 28.7 Å². The van der Waals surface area contributed by atoms with Crippen molar-refractivity contribution in [3.8, 4) is 11.5 Å².